The molecule has 1 saturated heterocycles. The molecule has 1 amide bonds. The third-order valence-electron chi connectivity index (χ3n) is 2.61. The average molecular weight is 275 g/mol. The molecular weight excluding hydrogens is 262 g/mol. The van der Waals surface area contributed by atoms with Crippen LogP contribution < -0.4 is 5.32 Å². The van der Waals surface area contributed by atoms with Crippen molar-refractivity contribution in [1.29, 1.82) is 5.26 Å². The lowest BCUT2D eigenvalue weighted by molar-refractivity contribution is -0.141. The van der Waals surface area contributed by atoms with Crippen LogP contribution in [0.2, 0.25) is 0 Å². The van der Waals surface area contributed by atoms with Gasteiger partial charge in [0.1, 0.15) is 6.04 Å². The van der Waals surface area contributed by atoms with Gasteiger partial charge in [0.05, 0.1) is 12.5 Å². The molecule has 0 aromatic carbocycles. The van der Waals surface area contributed by atoms with Crippen LogP contribution in [0, 0.1) is 11.3 Å². The molecule has 2 unspecified atom stereocenters. The van der Waals surface area contributed by atoms with E-state index in [0.29, 0.717) is 0 Å². The lowest BCUT2D eigenvalue weighted by Gasteiger charge is -2.33. The van der Waals surface area contributed by atoms with Crippen molar-refractivity contribution in [1.82, 2.24) is 9.62 Å². The van der Waals surface area contributed by atoms with Gasteiger partial charge >= 0.3 is 5.97 Å². The minimum atomic E-state index is -3.99. The molecule has 8 nitrogen and oxygen atoms in total. The molecule has 0 spiro atoms. The fourth-order valence-electron chi connectivity index (χ4n) is 1.63. The number of carbonyl (C=O) groups is 2. The van der Waals surface area contributed by atoms with Gasteiger partial charge in [0.15, 0.2) is 5.25 Å². The highest BCUT2D eigenvalue weighted by Crippen LogP contribution is 2.17. The number of carboxylic acids is 1. The van der Waals surface area contributed by atoms with Gasteiger partial charge in [0, 0.05) is 13.1 Å². The van der Waals surface area contributed by atoms with Gasteiger partial charge in [0.2, 0.25) is 15.9 Å². The zero-order valence-electron chi connectivity index (χ0n) is 9.66. The molecule has 18 heavy (non-hydrogen) atoms. The van der Waals surface area contributed by atoms with Crippen LogP contribution in [0.15, 0.2) is 0 Å². The third kappa shape index (κ3) is 2.77. The van der Waals surface area contributed by atoms with E-state index in [1.807, 2.05) is 0 Å². The highest BCUT2D eigenvalue weighted by Gasteiger charge is 2.41. The van der Waals surface area contributed by atoms with Gasteiger partial charge in [-0.25, -0.2) is 8.42 Å². The number of nitriles is 1. The summed E-state index contributed by atoms with van der Waals surface area (Å²) < 4.78 is 24.8. The molecule has 0 aliphatic carbocycles. The van der Waals surface area contributed by atoms with E-state index in [1.54, 1.807) is 6.07 Å². The van der Waals surface area contributed by atoms with Crippen molar-refractivity contribution >= 4 is 21.9 Å². The zero-order chi connectivity index (χ0) is 13.9. The Kier molecular flexibility index (Phi) is 4.26. The molecule has 0 aromatic heterocycles. The van der Waals surface area contributed by atoms with Crippen molar-refractivity contribution < 1.29 is 23.1 Å². The number of carbonyl (C=O) groups excluding carboxylic acids is 1. The first-order valence-electron chi connectivity index (χ1n) is 5.20. The van der Waals surface area contributed by atoms with E-state index in [9.17, 15) is 18.0 Å². The molecule has 1 aliphatic rings. The van der Waals surface area contributed by atoms with Crippen molar-refractivity contribution in [3.8, 4) is 6.07 Å². The minimum absolute atomic E-state index is 0.0297. The molecule has 2 N–H and O–H groups in total. The second-order valence-electron chi connectivity index (χ2n) is 3.83. The maximum atomic E-state index is 12.0. The van der Waals surface area contributed by atoms with Crippen LogP contribution >= 0.6 is 0 Å². The average Bonchev–Trinajstić information content (AvgIpc) is 2.29. The second-order valence-corrected chi connectivity index (χ2v) is 6.04. The number of sulfonamides is 1. The Bertz CT molecular complexity index is 495. The summed E-state index contributed by atoms with van der Waals surface area (Å²) in [6, 6.07) is 0.288. The molecule has 0 radical (unpaired) electrons. The first-order chi connectivity index (χ1) is 8.30. The summed E-state index contributed by atoms with van der Waals surface area (Å²) in [5.74, 6) is -1.93. The molecule has 1 rings (SSSR count). The van der Waals surface area contributed by atoms with Gasteiger partial charge < -0.3 is 10.4 Å². The Morgan fingerprint density at radius 3 is 2.83 bits per heavy atom. The number of piperazine rings is 1. The number of aliphatic carboxylic acids is 1. The quantitative estimate of drug-likeness (QED) is 0.643. The maximum absolute atomic E-state index is 12.0. The summed E-state index contributed by atoms with van der Waals surface area (Å²) in [6.45, 7) is 1.27. The van der Waals surface area contributed by atoms with Crippen LogP contribution in [0.4, 0.5) is 0 Å². The molecule has 2 atom stereocenters. The molecule has 1 fully saturated rings. The number of rotatable bonds is 4. The predicted molar refractivity (Wildman–Crippen MR) is 59.8 cm³/mol. The number of carboxylic acid groups (broad SMARTS) is 1. The van der Waals surface area contributed by atoms with Crippen LogP contribution in [-0.4, -0.2) is 54.1 Å². The van der Waals surface area contributed by atoms with E-state index in [-0.39, 0.29) is 13.1 Å². The summed E-state index contributed by atoms with van der Waals surface area (Å²) in [6.07, 6.45) is -0.622. The molecule has 0 bridgehead atoms. The van der Waals surface area contributed by atoms with E-state index in [2.05, 4.69) is 5.32 Å². The maximum Gasteiger partial charge on any atom is 0.305 e. The highest BCUT2D eigenvalue weighted by atomic mass is 32.2. The Hall–Kier alpha value is -1.66. The third-order valence-corrected chi connectivity index (χ3v) is 4.69. The Morgan fingerprint density at radius 1 is 1.72 bits per heavy atom. The Morgan fingerprint density at radius 2 is 2.33 bits per heavy atom. The van der Waals surface area contributed by atoms with Crippen LogP contribution in [0.3, 0.4) is 0 Å². The predicted octanol–water partition coefficient (Wildman–Crippen LogP) is -1.50. The van der Waals surface area contributed by atoms with Gasteiger partial charge in [-0.15, -0.1) is 0 Å². The van der Waals surface area contributed by atoms with Crippen LogP contribution in [0.1, 0.15) is 13.3 Å². The first kappa shape index (κ1) is 14.4. The molecule has 100 valence electrons. The van der Waals surface area contributed by atoms with Crippen molar-refractivity contribution in [2.45, 2.75) is 24.6 Å². The first-order valence-corrected chi connectivity index (χ1v) is 6.70. The number of hydrogen-bond acceptors (Lipinski definition) is 5. The fraction of sp³-hybridized carbons (Fsp3) is 0.667. The number of hydrogen-bond donors (Lipinski definition) is 2. The SMILES string of the molecule is CC(C#N)S(=O)(=O)N1CCNC(=O)C1CC(=O)O. The van der Waals surface area contributed by atoms with Gasteiger partial charge in [-0.1, -0.05) is 0 Å². The highest BCUT2D eigenvalue weighted by molar-refractivity contribution is 7.90. The van der Waals surface area contributed by atoms with E-state index >= 15 is 0 Å². The Labute approximate surface area is 104 Å². The number of nitrogens with zero attached hydrogens (tertiary/aromatic N) is 2. The number of amides is 1. The van der Waals surface area contributed by atoms with Gasteiger partial charge in [0.25, 0.3) is 0 Å². The normalized spacial score (nSPS) is 22.9. The minimum Gasteiger partial charge on any atom is -0.481 e. The number of nitrogens with one attached hydrogen (secondary N) is 1. The summed E-state index contributed by atoms with van der Waals surface area (Å²) in [5, 5.41) is 18.4. The van der Waals surface area contributed by atoms with Crippen molar-refractivity contribution in [2.75, 3.05) is 13.1 Å². The summed E-state index contributed by atoms with van der Waals surface area (Å²) in [5.41, 5.74) is 0. The van der Waals surface area contributed by atoms with Crippen molar-refractivity contribution in [3.05, 3.63) is 0 Å². The van der Waals surface area contributed by atoms with E-state index in [0.717, 1.165) is 4.31 Å². The summed E-state index contributed by atoms with van der Waals surface area (Å²) >= 11 is 0. The van der Waals surface area contributed by atoms with Gasteiger partial charge in [-0.05, 0) is 6.92 Å². The molecule has 0 saturated carbocycles. The smallest absolute Gasteiger partial charge is 0.305 e. The molecule has 0 aromatic rings. The zero-order valence-corrected chi connectivity index (χ0v) is 10.5. The summed E-state index contributed by atoms with van der Waals surface area (Å²) in [7, 11) is -3.99. The van der Waals surface area contributed by atoms with Gasteiger partial charge in [-0.3, -0.25) is 9.59 Å². The topological polar surface area (TPSA) is 128 Å². The monoisotopic (exact) mass is 275 g/mol. The van der Waals surface area contributed by atoms with Crippen LogP contribution in [0.25, 0.3) is 0 Å². The van der Waals surface area contributed by atoms with Crippen LogP contribution in [-0.2, 0) is 19.6 Å². The largest absolute Gasteiger partial charge is 0.481 e. The standard InChI is InChI=1S/C9H13N3O5S/c1-6(5-10)18(16,17)12-3-2-11-9(15)7(12)4-8(13)14/h6-7H,2-4H2,1H3,(H,11,15)(H,13,14). The van der Waals surface area contributed by atoms with Crippen LogP contribution in [0.5, 0.6) is 0 Å². The molecule has 1 heterocycles. The lowest BCUT2D eigenvalue weighted by Crippen LogP contribution is -2.59. The van der Waals surface area contributed by atoms with Gasteiger partial charge in [-0.2, -0.15) is 9.57 Å². The lowest BCUT2D eigenvalue weighted by atomic mass is 10.1. The molecular formula is C9H13N3O5S. The second kappa shape index (κ2) is 5.32. The summed E-state index contributed by atoms with van der Waals surface area (Å²) in [4.78, 5) is 22.2. The van der Waals surface area contributed by atoms with E-state index in [4.69, 9.17) is 10.4 Å². The van der Waals surface area contributed by atoms with E-state index in [1.165, 1.54) is 6.92 Å². The fourth-order valence-corrected chi connectivity index (χ4v) is 3.04. The van der Waals surface area contributed by atoms with Crippen molar-refractivity contribution in [3.63, 3.8) is 0 Å². The molecule has 9 heteroatoms. The molecule has 1 aliphatic heterocycles. The Balaban J connectivity index is 3.07. The van der Waals surface area contributed by atoms with E-state index < -0.39 is 39.6 Å². The van der Waals surface area contributed by atoms with Crippen molar-refractivity contribution in [2.24, 2.45) is 0 Å².